The minimum atomic E-state index is -0.149. The minimum absolute atomic E-state index is 0.149. The van der Waals surface area contributed by atoms with E-state index in [0.717, 1.165) is 34.6 Å². The molecular weight excluding hydrogens is 406 g/mol. The number of halogens is 1. The summed E-state index contributed by atoms with van der Waals surface area (Å²) in [6.45, 7) is 6.77. The van der Waals surface area contributed by atoms with E-state index in [1.807, 2.05) is 30.0 Å². The summed E-state index contributed by atoms with van der Waals surface area (Å²) in [4.78, 5) is 11.1. The Morgan fingerprint density at radius 2 is 1.79 bits per heavy atom. The normalized spacial score (nSPS) is 28.2. The fourth-order valence-corrected chi connectivity index (χ4v) is 6.26. The highest BCUT2D eigenvalue weighted by atomic mass is 35.5. The largest absolute Gasteiger partial charge is 0.291 e. The fourth-order valence-electron chi connectivity index (χ4n) is 4.80. The number of thiocarbonyl (C=S) groups is 1. The second kappa shape index (κ2) is 8.63. The van der Waals surface area contributed by atoms with E-state index in [0.29, 0.717) is 6.04 Å². The maximum atomic E-state index is 6.63. The predicted octanol–water partition coefficient (Wildman–Crippen LogP) is 5.66. The van der Waals surface area contributed by atoms with E-state index < -0.39 is 0 Å². The SMILES string of the molecule is CC1(C)C(=S)N(c2ccccc2Cl)C(=NC2CCCCC2)[C@@H]1N1CCSCC1. The Bertz CT molecular complexity index is 752. The van der Waals surface area contributed by atoms with E-state index in [-0.39, 0.29) is 11.5 Å². The lowest BCUT2D eigenvalue weighted by atomic mass is 9.85. The van der Waals surface area contributed by atoms with Crippen LogP contribution in [-0.4, -0.2) is 52.4 Å². The molecule has 28 heavy (non-hydrogen) atoms. The summed E-state index contributed by atoms with van der Waals surface area (Å²) >= 11 is 14.7. The van der Waals surface area contributed by atoms with Gasteiger partial charge in [-0.05, 0) is 25.0 Å². The highest BCUT2D eigenvalue weighted by molar-refractivity contribution is 7.99. The van der Waals surface area contributed by atoms with Gasteiger partial charge < -0.3 is 0 Å². The average molecular weight is 436 g/mol. The standard InChI is InChI=1S/C22H30ClN3S2/c1-22(2)19(25-12-14-28-15-13-25)20(24-16-8-4-3-5-9-16)26(21(22)27)18-11-7-6-10-17(18)23/h6-7,10-11,16,19H,3-5,8-9,12-15H2,1-2H3/t19-/m0/s1. The second-order valence-electron chi connectivity index (χ2n) is 8.64. The Balaban J connectivity index is 1.80. The Kier molecular flexibility index (Phi) is 6.36. The minimum Gasteiger partial charge on any atom is -0.291 e. The molecule has 6 heteroatoms. The molecular formula is C22H30ClN3S2. The van der Waals surface area contributed by atoms with Crippen LogP contribution in [0.4, 0.5) is 5.69 Å². The maximum absolute atomic E-state index is 6.63. The Hall–Kier alpha value is -0.620. The first-order valence-electron chi connectivity index (χ1n) is 10.5. The van der Waals surface area contributed by atoms with Crippen LogP contribution in [0.2, 0.25) is 5.02 Å². The van der Waals surface area contributed by atoms with Gasteiger partial charge in [0.05, 0.1) is 27.8 Å². The van der Waals surface area contributed by atoms with Gasteiger partial charge in [-0.2, -0.15) is 11.8 Å². The topological polar surface area (TPSA) is 18.8 Å². The van der Waals surface area contributed by atoms with Crippen LogP contribution in [-0.2, 0) is 0 Å². The molecule has 3 fully saturated rings. The highest BCUT2D eigenvalue weighted by Gasteiger charge is 2.52. The third-order valence-corrected chi connectivity index (χ3v) is 8.28. The zero-order valence-corrected chi connectivity index (χ0v) is 19.3. The maximum Gasteiger partial charge on any atom is 0.127 e. The Morgan fingerprint density at radius 1 is 1.11 bits per heavy atom. The van der Waals surface area contributed by atoms with Crippen molar-refractivity contribution in [2.45, 2.75) is 58.0 Å². The summed E-state index contributed by atoms with van der Waals surface area (Å²) in [5, 5.41) is 0.742. The molecule has 1 aliphatic carbocycles. The predicted molar refractivity (Wildman–Crippen MR) is 127 cm³/mol. The van der Waals surface area contributed by atoms with Gasteiger partial charge in [0, 0.05) is 30.0 Å². The summed E-state index contributed by atoms with van der Waals surface area (Å²) in [5.74, 6) is 3.49. The van der Waals surface area contributed by atoms with Crippen molar-refractivity contribution in [2.24, 2.45) is 10.4 Å². The summed E-state index contributed by atoms with van der Waals surface area (Å²) in [6, 6.07) is 8.68. The number of amidine groups is 1. The van der Waals surface area contributed by atoms with Gasteiger partial charge in [-0.15, -0.1) is 0 Å². The number of aliphatic imine (C=N–C) groups is 1. The molecule has 1 atom stereocenters. The number of hydrogen-bond donors (Lipinski definition) is 0. The van der Waals surface area contributed by atoms with Crippen LogP contribution in [0.1, 0.15) is 46.0 Å². The Morgan fingerprint density at radius 3 is 2.46 bits per heavy atom. The van der Waals surface area contributed by atoms with E-state index in [2.05, 4.69) is 29.7 Å². The zero-order chi connectivity index (χ0) is 19.7. The van der Waals surface area contributed by atoms with Crippen molar-refractivity contribution in [1.82, 2.24) is 4.90 Å². The van der Waals surface area contributed by atoms with Gasteiger partial charge in [-0.1, -0.05) is 69.1 Å². The molecule has 0 spiro atoms. The number of anilines is 1. The van der Waals surface area contributed by atoms with Gasteiger partial charge in [0.2, 0.25) is 0 Å². The first kappa shape index (κ1) is 20.6. The highest BCUT2D eigenvalue weighted by Crippen LogP contribution is 2.43. The van der Waals surface area contributed by atoms with Crippen molar-refractivity contribution in [3.63, 3.8) is 0 Å². The van der Waals surface area contributed by atoms with Crippen molar-refractivity contribution in [1.29, 1.82) is 0 Å². The molecule has 3 aliphatic rings. The van der Waals surface area contributed by atoms with Crippen LogP contribution in [0, 0.1) is 5.41 Å². The van der Waals surface area contributed by atoms with Crippen molar-refractivity contribution < 1.29 is 0 Å². The quantitative estimate of drug-likeness (QED) is 0.570. The molecule has 1 aromatic rings. The van der Waals surface area contributed by atoms with Gasteiger partial charge in [-0.25, -0.2) is 0 Å². The smallest absolute Gasteiger partial charge is 0.127 e. The molecule has 0 bridgehead atoms. The van der Waals surface area contributed by atoms with Gasteiger partial charge in [0.15, 0.2) is 0 Å². The number of para-hydroxylation sites is 1. The lowest BCUT2D eigenvalue weighted by molar-refractivity contribution is 0.201. The number of hydrogen-bond acceptors (Lipinski definition) is 4. The van der Waals surface area contributed by atoms with Crippen molar-refractivity contribution in [2.75, 3.05) is 29.5 Å². The summed E-state index contributed by atoms with van der Waals surface area (Å²) < 4.78 is 0. The van der Waals surface area contributed by atoms with Gasteiger partial charge >= 0.3 is 0 Å². The third kappa shape index (κ3) is 3.88. The first-order chi connectivity index (χ1) is 13.5. The van der Waals surface area contributed by atoms with Gasteiger partial charge in [0.1, 0.15) is 5.84 Å². The average Bonchev–Trinajstić information content (AvgIpc) is 2.89. The monoisotopic (exact) mass is 435 g/mol. The molecule has 1 aromatic carbocycles. The number of rotatable bonds is 3. The van der Waals surface area contributed by atoms with Crippen LogP contribution >= 0.6 is 35.6 Å². The molecule has 152 valence electrons. The van der Waals surface area contributed by atoms with Crippen LogP contribution in [0.3, 0.4) is 0 Å². The lowest BCUT2D eigenvalue weighted by Crippen LogP contribution is -2.51. The van der Waals surface area contributed by atoms with E-state index in [1.54, 1.807) is 0 Å². The molecule has 2 aliphatic heterocycles. The molecule has 3 nitrogen and oxygen atoms in total. The third-order valence-electron chi connectivity index (χ3n) is 6.31. The number of nitrogens with zero attached hydrogens (tertiary/aromatic N) is 3. The van der Waals surface area contributed by atoms with Crippen molar-refractivity contribution >= 4 is 52.1 Å². The molecule has 1 saturated carbocycles. The van der Waals surface area contributed by atoms with Gasteiger partial charge in [-0.3, -0.25) is 14.8 Å². The van der Waals surface area contributed by atoms with Crippen molar-refractivity contribution in [3.8, 4) is 0 Å². The van der Waals surface area contributed by atoms with Crippen LogP contribution in [0.15, 0.2) is 29.3 Å². The zero-order valence-electron chi connectivity index (χ0n) is 16.9. The summed E-state index contributed by atoms with van der Waals surface area (Å²) in [5.41, 5.74) is 0.829. The summed E-state index contributed by atoms with van der Waals surface area (Å²) in [6.07, 6.45) is 6.29. The molecule has 0 N–H and O–H groups in total. The van der Waals surface area contributed by atoms with Gasteiger partial charge in [0.25, 0.3) is 0 Å². The molecule has 4 rings (SSSR count). The van der Waals surface area contributed by atoms with E-state index >= 15 is 0 Å². The van der Waals surface area contributed by atoms with E-state index in [4.69, 9.17) is 28.8 Å². The van der Waals surface area contributed by atoms with E-state index in [1.165, 1.54) is 43.6 Å². The lowest BCUT2D eigenvalue weighted by Gasteiger charge is -2.38. The Labute approximate surface area is 183 Å². The van der Waals surface area contributed by atoms with Crippen LogP contribution in [0.25, 0.3) is 0 Å². The second-order valence-corrected chi connectivity index (χ2v) is 10.7. The number of benzene rings is 1. The fraction of sp³-hybridized carbons (Fsp3) is 0.636. The number of thioether (sulfide) groups is 1. The molecule has 0 amide bonds. The molecule has 0 radical (unpaired) electrons. The molecule has 0 aromatic heterocycles. The molecule has 0 unspecified atom stereocenters. The molecule has 2 saturated heterocycles. The first-order valence-corrected chi connectivity index (χ1v) is 12.4. The summed E-state index contributed by atoms with van der Waals surface area (Å²) in [7, 11) is 0. The van der Waals surface area contributed by atoms with E-state index in [9.17, 15) is 0 Å². The van der Waals surface area contributed by atoms with Crippen LogP contribution < -0.4 is 4.90 Å². The molecule has 2 heterocycles. The van der Waals surface area contributed by atoms with Crippen LogP contribution in [0.5, 0.6) is 0 Å². The van der Waals surface area contributed by atoms with Crippen molar-refractivity contribution in [3.05, 3.63) is 29.3 Å².